The SMILES string of the molecule is C=C(CC[C@]12O[C@H](CO)[C@@](O)(C(=O)O)[C@](C(=O)O)(O1)[C@H](OC(=O)/C=C/[C@H](C)C[C@H](C)CC)[C@H]2O)[C@H](OC(C)=O)[C@@H](C)Cc1ccccc1. The van der Waals surface area contributed by atoms with Crippen molar-refractivity contribution < 1.29 is 63.7 Å². The molecule has 2 heterocycles. The Morgan fingerprint density at radius 2 is 1.73 bits per heavy atom. The summed E-state index contributed by atoms with van der Waals surface area (Å²) in [7, 11) is 0. The first-order valence-electron chi connectivity index (χ1n) is 16.1. The van der Waals surface area contributed by atoms with Crippen molar-refractivity contribution in [1.29, 1.82) is 0 Å². The summed E-state index contributed by atoms with van der Waals surface area (Å²) in [6.45, 7) is 11.9. The third-order valence-corrected chi connectivity index (χ3v) is 9.34. The van der Waals surface area contributed by atoms with Gasteiger partial charge in [0, 0.05) is 25.3 Å². The summed E-state index contributed by atoms with van der Waals surface area (Å²) in [5.41, 5.74) is -5.53. The van der Waals surface area contributed by atoms with Crippen LogP contribution in [0, 0.1) is 17.8 Å². The molecule has 13 heteroatoms. The smallest absolute Gasteiger partial charge is 0.344 e. The van der Waals surface area contributed by atoms with Crippen LogP contribution in [0.4, 0.5) is 0 Å². The summed E-state index contributed by atoms with van der Waals surface area (Å²) in [5, 5.41) is 53.8. The number of aliphatic hydroxyl groups is 3. The number of ether oxygens (including phenoxy) is 4. The zero-order valence-electron chi connectivity index (χ0n) is 28.0. The topological polar surface area (TPSA) is 206 Å². The minimum atomic E-state index is -3.52. The van der Waals surface area contributed by atoms with Crippen LogP contribution in [-0.4, -0.2) is 97.4 Å². The van der Waals surface area contributed by atoms with E-state index in [0.29, 0.717) is 17.9 Å². The van der Waals surface area contributed by atoms with E-state index < -0.39 is 78.3 Å². The lowest BCUT2D eigenvalue weighted by Gasteiger charge is -2.49. The molecule has 0 unspecified atom stereocenters. The molecule has 48 heavy (non-hydrogen) atoms. The maximum Gasteiger partial charge on any atom is 0.344 e. The number of aliphatic hydroxyl groups excluding tert-OH is 2. The number of carboxylic acids is 2. The fraction of sp³-hybridized carbons (Fsp3) is 0.600. The second kappa shape index (κ2) is 15.7. The number of carbonyl (C=O) groups is 4. The Bertz CT molecular complexity index is 1360. The van der Waals surface area contributed by atoms with Crippen LogP contribution in [0.2, 0.25) is 0 Å². The Labute approximate surface area is 280 Å². The van der Waals surface area contributed by atoms with E-state index >= 15 is 0 Å². The van der Waals surface area contributed by atoms with Crippen LogP contribution < -0.4 is 0 Å². The number of rotatable bonds is 17. The Balaban J connectivity index is 1.97. The van der Waals surface area contributed by atoms with Gasteiger partial charge < -0.3 is 44.5 Å². The van der Waals surface area contributed by atoms with E-state index in [1.807, 2.05) is 58.0 Å². The number of carboxylic acid groups (broad SMARTS) is 2. The summed E-state index contributed by atoms with van der Waals surface area (Å²) in [6.07, 6.45) is -3.25. The minimum absolute atomic E-state index is 0.0743. The van der Waals surface area contributed by atoms with E-state index in [-0.39, 0.29) is 18.3 Å². The van der Waals surface area contributed by atoms with Gasteiger partial charge in [0.1, 0.15) is 18.3 Å². The maximum absolute atomic E-state index is 13.0. The quantitative estimate of drug-likeness (QED) is 0.0915. The van der Waals surface area contributed by atoms with Gasteiger partial charge in [0.05, 0.1) is 6.61 Å². The highest BCUT2D eigenvalue weighted by Gasteiger charge is 2.84. The first kappa shape index (κ1) is 38.8. The summed E-state index contributed by atoms with van der Waals surface area (Å²) in [6, 6.07) is 9.43. The van der Waals surface area contributed by atoms with Crippen LogP contribution in [0.15, 0.2) is 54.6 Å². The van der Waals surface area contributed by atoms with Crippen molar-refractivity contribution in [3.05, 3.63) is 60.2 Å². The van der Waals surface area contributed by atoms with Gasteiger partial charge in [0.25, 0.3) is 0 Å². The molecule has 2 bridgehead atoms. The molecule has 0 amide bonds. The molecular weight excluding hydrogens is 628 g/mol. The zero-order valence-corrected chi connectivity index (χ0v) is 28.0. The van der Waals surface area contributed by atoms with Crippen LogP contribution in [0.5, 0.6) is 0 Å². The molecular formula is C35H48O13. The number of carbonyl (C=O) groups excluding carboxylic acids is 2. The molecule has 10 atom stereocenters. The fourth-order valence-corrected chi connectivity index (χ4v) is 6.63. The highest BCUT2D eigenvalue weighted by atomic mass is 16.8. The van der Waals surface area contributed by atoms with Gasteiger partial charge >= 0.3 is 23.9 Å². The van der Waals surface area contributed by atoms with Crippen LogP contribution in [0.3, 0.4) is 0 Å². The maximum atomic E-state index is 13.0. The average molecular weight is 677 g/mol. The van der Waals surface area contributed by atoms with Crippen molar-refractivity contribution in [3.63, 3.8) is 0 Å². The van der Waals surface area contributed by atoms with Gasteiger partial charge in [0.2, 0.25) is 17.0 Å². The van der Waals surface area contributed by atoms with Gasteiger partial charge in [0.15, 0.2) is 6.10 Å². The van der Waals surface area contributed by atoms with Crippen LogP contribution >= 0.6 is 0 Å². The summed E-state index contributed by atoms with van der Waals surface area (Å²) < 4.78 is 22.5. The first-order chi connectivity index (χ1) is 22.5. The summed E-state index contributed by atoms with van der Waals surface area (Å²) in [4.78, 5) is 50.6. The lowest BCUT2D eigenvalue weighted by atomic mass is 9.74. The number of aliphatic carboxylic acids is 2. The van der Waals surface area contributed by atoms with E-state index in [2.05, 4.69) is 6.58 Å². The van der Waals surface area contributed by atoms with Gasteiger partial charge in [-0.1, -0.05) is 77.1 Å². The minimum Gasteiger partial charge on any atom is -0.479 e. The van der Waals surface area contributed by atoms with E-state index in [1.165, 1.54) is 13.0 Å². The van der Waals surface area contributed by atoms with Crippen LogP contribution in [-0.2, 0) is 44.5 Å². The van der Waals surface area contributed by atoms with E-state index in [1.54, 1.807) is 0 Å². The normalized spacial score (nSPS) is 30.6. The number of fused-ring (bicyclic) bond motifs is 2. The standard InChI is InChI=1S/C35H48O13/c1-7-20(2)17-21(3)13-14-27(38)46-30-29(39)33(47-26(19-36)34(44,31(40)41)35(30,48-33)32(42)43)16-15-22(4)28(45-24(6)37)23(5)18-25-11-9-8-10-12-25/h8-14,20-21,23,26,28-30,36,39,44H,4,7,15-19H2,1-3,5-6H3,(H,40,41)(H,42,43)/b14-13+/t20-,21+,23+,26-,28+,29-,30-,33+,34-,35+/m1/s1. The number of benzene rings is 1. The van der Waals surface area contributed by atoms with Crippen molar-refractivity contribution in [2.75, 3.05) is 6.61 Å². The van der Waals surface area contributed by atoms with Crippen LogP contribution in [0.1, 0.15) is 65.9 Å². The molecule has 0 spiro atoms. The van der Waals surface area contributed by atoms with Gasteiger partial charge in [-0.15, -0.1) is 0 Å². The monoisotopic (exact) mass is 676 g/mol. The molecule has 266 valence electrons. The Hall–Kier alpha value is -3.62. The zero-order chi connectivity index (χ0) is 36.0. The van der Waals surface area contributed by atoms with Crippen molar-refractivity contribution in [1.82, 2.24) is 0 Å². The van der Waals surface area contributed by atoms with E-state index in [4.69, 9.17) is 18.9 Å². The molecule has 2 aliphatic heterocycles. The lowest BCUT2D eigenvalue weighted by Crippen LogP contribution is -2.77. The number of allylic oxidation sites excluding steroid dienone is 1. The molecule has 0 aliphatic carbocycles. The summed E-state index contributed by atoms with van der Waals surface area (Å²) in [5.74, 6) is -8.34. The molecule has 3 rings (SSSR count). The lowest BCUT2D eigenvalue weighted by molar-refractivity contribution is -0.382. The van der Waals surface area contributed by atoms with Gasteiger partial charge in [-0.25, -0.2) is 14.4 Å². The molecule has 1 aromatic carbocycles. The molecule has 0 radical (unpaired) electrons. The molecule has 2 aliphatic rings. The fourth-order valence-electron chi connectivity index (χ4n) is 6.63. The first-order valence-corrected chi connectivity index (χ1v) is 16.1. The van der Waals surface area contributed by atoms with Gasteiger partial charge in [-0.2, -0.15) is 0 Å². The van der Waals surface area contributed by atoms with Gasteiger partial charge in [-0.3, -0.25) is 4.79 Å². The average Bonchev–Trinajstić information content (AvgIpc) is 3.25. The van der Waals surface area contributed by atoms with Crippen molar-refractivity contribution in [2.45, 2.75) is 108 Å². The Kier molecular flexibility index (Phi) is 12.7. The van der Waals surface area contributed by atoms with E-state index in [0.717, 1.165) is 24.5 Å². The molecule has 2 saturated heterocycles. The molecule has 2 fully saturated rings. The largest absolute Gasteiger partial charge is 0.479 e. The van der Waals surface area contributed by atoms with Crippen LogP contribution in [0.25, 0.3) is 0 Å². The van der Waals surface area contributed by atoms with Gasteiger partial charge in [-0.05, 0) is 42.2 Å². The number of esters is 2. The Morgan fingerprint density at radius 3 is 2.27 bits per heavy atom. The van der Waals surface area contributed by atoms with Crippen molar-refractivity contribution in [2.24, 2.45) is 17.8 Å². The number of hydrogen-bond acceptors (Lipinski definition) is 11. The van der Waals surface area contributed by atoms with Crippen molar-refractivity contribution in [3.8, 4) is 0 Å². The second-order valence-corrected chi connectivity index (χ2v) is 13.1. The predicted octanol–water partition coefficient (Wildman–Crippen LogP) is 2.79. The molecule has 5 N–H and O–H groups in total. The molecule has 1 aromatic rings. The highest BCUT2D eigenvalue weighted by molar-refractivity contribution is 5.94. The number of hydrogen-bond donors (Lipinski definition) is 5. The second-order valence-electron chi connectivity index (χ2n) is 13.1. The molecule has 0 aromatic heterocycles. The molecule has 13 nitrogen and oxygen atoms in total. The predicted molar refractivity (Wildman–Crippen MR) is 170 cm³/mol. The highest BCUT2D eigenvalue weighted by Crippen LogP contribution is 2.55. The summed E-state index contributed by atoms with van der Waals surface area (Å²) >= 11 is 0. The molecule has 0 saturated carbocycles. The van der Waals surface area contributed by atoms with E-state index in [9.17, 15) is 44.7 Å². The third-order valence-electron chi connectivity index (χ3n) is 9.34. The van der Waals surface area contributed by atoms with Crippen molar-refractivity contribution >= 4 is 23.9 Å². The Morgan fingerprint density at radius 1 is 1.08 bits per heavy atom. The third kappa shape index (κ3) is 7.65.